The fourth-order valence-corrected chi connectivity index (χ4v) is 2.69. The van der Waals surface area contributed by atoms with Crippen molar-refractivity contribution in [2.45, 2.75) is 44.7 Å². The largest absolute Gasteiger partial charge is 0.366 e. The van der Waals surface area contributed by atoms with Gasteiger partial charge in [-0.15, -0.1) is 0 Å². The minimum atomic E-state index is -0.521. The number of rotatable bonds is 3. The molecule has 0 atom stereocenters. The van der Waals surface area contributed by atoms with Crippen LogP contribution in [0.25, 0.3) is 0 Å². The second kappa shape index (κ2) is 5.30. The van der Waals surface area contributed by atoms with Crippen LogP contribution in [0.2, 0.25) is 0 Å². The summed E-state index contributed by atoms with van der Waals surface area (Å²) in [5.74, 6) is -0.0358. The smallest absolute Gasteiger partial charge is 0.248 e. The van der Waals surface area contributed by atoms with Crippen LogP contribution in [0.15, 0.2) is 18.2 Å². The van der Waals surface area contributed by atoms with E-state index < -0.39 is 12.6 Å². The van der Waals surface area contributed by atoms with E-state index in [0.717, 1.165) is 18.4 Å². The Kier molecular flexibility index (Phi) is 3.77. The Balaban J connectivity index is 2.29. The zero-order valence-electron chi connectivity index (χ0n) is 9.92. The summed E-state index contributed by atoms with van der Waals surface area (Å²) >= 11 is 0. The number of amides is 1. The summed E-state index contributed by atoms with van der Waals surface area (Å²) in [4.78, 5) is 11.1. The number of nitrogens with two attached hydrogens (primary N) is 1. The van der Waals surface area contributed by atoms with E-state index in [1.54, 1.807) is 12.1 Å². The molecule has 2 rings (SSSR count). The first-order valence-corrected chi connectivity index (χ1v) is 6.21. The highest BCUT2D eigenvalue weighted by Crippen LogP contribution is 2.35. The van der Waals surface area contributed by atoms with Crippen LogP contribution in [0, 0.1) is 0 Å². The predicted octanol–water partition coefficient (Wildman–Crippen LogP) is 3.30. The lowest BCUT2D eigenvalue weighted by Crippen LogP contribution is -2.13. The first-order valence-electron chi connectivity index (χ1n) is 6.21. The van der Waals surface area contributed by atoms with Crippen LogP contribution in [0.5, 0.6) is 0 Å². The Hall–Kier alpha value is -1.38. The maximum Gasteiger partial charge on any atom is 0.248 e. The summed E-state index contributed by atoms with van der Waals surface area (Å²) in [6, 6.07) is 5.20. The number of carbonyl (C=O) groups is 1. The van der Waals surface area contributed by atoms with Crippen molar-refractivity contribution in [2.24, 2.45) is 5.73 Å². The molecule has 1 fully saturated rings. The molecule has 1 aliphatic carbocycles. The molecular formula is C14H18FNO. The second-order valence-electron chi connectivity index (χ2n) is 4.75. The Morgan fingerprint density at radius 2 is 2.00 bits per heavy atom. The maximum absolute atomic E-state index is 13.0. The molecule has 1 aliphatic rings. The van der Waals surface area contributed by atoms with Crippen molar-refractivity contribution in [3.63, 3.8) is 0 Å². The van der Waals surface area contributed by atoms with Gasteiger partial charge in [-0.1, -0.05) is 25.3 Å². The molecule has 0 aliphatic heterocycles. The number of alkyl halides is 1. The first-order chi connectivity index (χ1) is 8.22. The van der Waals surface area contributed by atoms with Gasteiger partial charge in [0.1, 0.15) is 6.67 Å². The molecule has 0 saturated heterocycles. The molecule has 0 radical (unpaired) electrons. The van der Waals surface area contributed by atoms with Gasteiger partial charge in [0.25, 0.3) is 0 Å². The van der Waals surface area contributed by atoms with Gasteiger partial charge in [0.05, 0.1) is 0 Å². The number of carbonyl (C=O) groups excluding carboxylic acids is 1. The third-order valence-electron chi connectivity index (χ3n) is 3.62. The van der Waals surface area contributed by atoms with Crippen LogP contribution >= 0.6 is 0 Å². The van der Waals surface area contributed by atoms with Crippen molar-refractivity contribution < 1.29 is 9.18 Å². The van der Waals surface area contributed by atoms with Gasteiger partial charge < -0.3 is 5.73 Å². The van der Waals surface area contributed by atoms with E-state index in [2.05, 4.69) is 0 Å². The molecule has 0 spiro atoms. The quantitative estimate of drug-likeness (QED) is 0.858. The molecule has 17 heavy (non-hydrogen) atoms. The molecule has 0 heterocycles. The highest BCUT2D eigenvalue weighted by molar-refractivity contribution is 5.93. The van der Waals surface area contributed by atoms with Crippen molar-refractivity contribution in [3.05, 3.63) is 34.9 Å². The highest BCUT2D eigenvalue weighted by Gasteiger charge is 2.19. The fourth-order valence-electron chi connectivity index (χ4n) is 2.69. The average molecular weight is 235 g/mol. The van der Waals surface area contributed by atoms with Gasteiger partial charge in [-0.25, -0.2) is 4.39 Å². The molecular weight excluding hydrogens is 217 g/mol. The van der Waals surface area contributed by atoms with E-state index in [0.29, 0.717) is 17.0 Å². The van der Waals surface area contributed by atoms with E-state index in [1.807, 2.05) is 6.07 Å². The monoisotopic (exact) mass is 235 g/mol. The molecule has 2 N–H and O–H groups in total. The minimum Gasteiger partial charge on any atom is -0.366 e. The number of benzene rings is 1. The third kappa shape index (κ3) is 2.65. The van der Waals surface area contributed by atoms with E-state index in [-0.39, 0.29) is 0 Å². The summed E-state index contributed by atoms with van der Waals surface area (Å²) in [6.07, 6.45) is 5.97. The Morgan fingerprint density at radius 1 is 1.29 bits per heavy atom. The third-order valence-corrected chi connectivity index (χ3v) is 3.62. The SMILES string of the molecule is NC(=O)c1ccc(C2CCCCC2)c(CF)c1. The molecule has 1 amide bonds. The molecule has 2 nitrogen and oxygen atoms in total. The highest BCUT2D eigenvalue weighted by atomic mass is 19.1. The molecule has 1 saturated carbocycles. The van der Waals surface area contributed by atoms with E-state index in [4.69, 9.17) is 5.73 Å². The van der Waals surface area contributed by atoms with Gasteiger partial charge in [0.15, 0.2) is 0 Å². The van der Waals surface area contributed by atoms with Gasteiger partial charge in [-0.3, -0.25) is 4.79 Å². The normalized spacial score (nSPS) is 17.0. The minimum absolute atomic E-state index is 0.400. The van der Waals surface area contributed by atoms with Crippen LogP contribution in [-0.4, -0.2) is 5.91 Å². The van der Waals surface area contributed by atoms with Crippen LogP contribution < -0.4 is 5.73 Å². The summed E-state index contributed by atoms with van der Waals surface area (Å²) in [5.41, 5.74) is 7.30. The molecule has 3 heteroatoms. The van der Waals surface area contributed by atoms with Gasteiger partial charge in [0.2, 0.25) is 5.91 Å². The summed E-state index contributed by atoms with van der Waals surface area (Å²) in [5, 5.41) is 0. The van der Waals surface area contributed by atoms with Crippen molar-refractivity contribution in [1.29, 1.82) is 0 Å². The standard InChI is InChI=1S/C14H18FNO/c15-9-12-8-11(14(16)17)6-7-13(12)10-4-2-1-3-5-10/h6-8,10H,1-5,9H2,(H2,16,17). The molecule has 0 unspecified atom stereocenters. The lowest BCUT2D eigenvalue weighted by Gasteiger charge is -2.24. The summed E-state index contributed by atoms with van der Waals surface area (Å²) < 4.78 is 13.0. The number of halogens is 1. The predicted molar refractivity (Wildman–Crippen MR) is 65.6 cm³/mol. The molecule has 1 aromatic rings. The van der Waals surface area contributed by atoms with Gasteiger partial charge >= 0.3 is 0 Å². The van der Waals surface area contributed by atoms with Crippen molar-refractivity contribution in [2.75, 3.05) is 0 Å². The molecule has 0 aromatic heterocycles. The summed E-state index contributed by atoms with van der Waals surface area (Å²) in [6.45, 7) is -0.521. The van der Waals surface area contributed by atoms with Crippen LogP contribution in [0.3, 0.4) is 0 Å². The van der Waals surface area contributed by atoms with Crippen LogP contribution in [0.4, 0.5) is 4.39 Å². The second-order valence-corrected chi connectivity index (χ2v) is 4.75. The van der Waals surface area contributed by atoms with Crippen molar-refractivity contribution in [1.82, 2.24) is 0 Å². The molecule has 92 valence electrons. The Labute approximate surface area is 101 Å². The Bertz CT molecular complexity index is 411. The van der Waals surface area contributed by atoms with E-state index in [9.17, 15) is 9.18 Å². The van der Waals surface area contributed by atoms with E-state index >= 15 is 0 Å². The van der Waals surface area contributed by atoms with E-state index in [1.165, 1.54) is 19.3 Å². The first kappa shape index (κ1) is 12.1. The topological polar surface area (TPSA) is 43.1 Å². The van der Waals surface area contributed by atoms with Gasteiger partial charge in [-0.05, 0) is 42.0 Å². The molecule has 0 bridgehead atoms. The average Bonchev–Trinajstić information content (AvgIpc) is 2.39. The van der Waals surface area contributed by atoms with Gasteiger partial charge in [-0.2, -0.15) is 0 Å². The van der Waals surface area contributed by atoms with Crippen LogP contribution in [-0.2, 0) is 6.67 Å². The zero-order valence-corrected chi connectivity index (χ0v) is 9.92. The van der Waals surface area contributed by atoms with Gasteiger partial charge in [0, 0.05) is 5.56 Å². The molecule has 1 aromatic carbocycles. The maximum atomic E-state index is 13.0. The lowest BCUT2D eigenvalue weighted by atomic mass is 9.82. The zero-order chi connectivity index (χ0) is 12.3. The summed E-state index contributed by atoms with van der Waals surface area (Å²) in [7, 11) is 0. The number of hydrogen-bond donors (Lipinski definition) is 1. The Morgan fingerprint density at radius 3 is 2.59 bits per heavy atom. The van der Waals surface area contributed by atoms with Crippen molar-refractivity contribution >= 4 is 5.91 Å². The number of primary amides is 1. The van der Waals surface area contributed by atoms with Crippen molar-refractivity contribution in [3.8, 4) is 0 Å². The number of hydrogen-bond acceptors (Lipinski definition) is 1. The van der Waals surface area contributed by atoms with Crippen LogP contribution in [0.1, 0.15) is 59.5 Å². The lowest BCUT2D eigenvalue weighted by molar-refractivity contribution is 0.1000. The fraction of sp³-hybridized carbons (Fsp3) is 0.500.